The first kappa shape index (κ1) is 15.7. The molecule has 0 saturated heterocycles. The lowest BCUT2D eigenvalue weighted by Gasteiger charge is -2.20. The molecule has 1 amide bonds. The van der Waals surface area contributed by atoms with Gasteiger partial charge in [-0.1, -0.05) is 30.3 Å². The number of hydrogen-bond acceptors (Lipinski definition) is 4. The Balaban J connectivity index is 1.82. The Labute approximate surface area is 138 Å². The van der Waals surface area contributed by atoms with Gasteiger partial charge in [0.25, 0.3) is 5.91 Å². The topological polar surface area (TPSA) is 66.8 Å². The van der Waals surface area contributed by atoms with Crippen LogP contribution in [0.1, 0.15) is 25.7 Å². The van der Waals surface area contributed by atoms with Crippen molar-refractivity contribution in [3.63, 3.8) is 0 Å². The zero-order valence-corrected chi connectivity index (χ0v) is 13.3. The van der Waals surface area contributed by atoms with Crippen molar-refractivity contribution < 1.29 is 19.4 Å². The van der Waals surface area contributed by atoms with Crippen molar-refractivity contribution in [2.24, 2.45) is 0 Å². The van der Waals surface area contributed by atoms with Crippen LogP contribution in [-0.2, 0) is 29.1 Å². The standard InChI is InChI=1S/C17H17NO4S/c19-16(20)10-18(9-12-4-2-1-3-5-12)17(21)15-8-13-11-22-7-6-14(13)23-15/h1-5,8H,6-7,9-11H2,(H,19,20). The molecule has 0 aliphatic carbocycles. The summed E-state index contributed by atoms with van der Waals surface area (Å²) in [5.41, 5.74) is 1.95. The van der Waals surface area contributed by atoms with Gasteiger partial charge in [0.1, 0.15) is 6.54 Å². The maximum absolute atomic E-state index is 12.7. The second-order valence-electron chi connectivity index (χ2n) is 5.40. The number of thiophene rings is 1. The highest BCUT2D eigenvalue weighted by Crippen LogP contribution is 2.28. The largest absolute Gasteiger partial charge is 0.480 e. The van der Waals surface area contributed by atoms with Crippen LogP contribution in [0.15, 0.2) is 36.4 Å². The normalized spacial score (nSPS) is 13.4. The number of aliphatic carboxylic acids is 1. The summed E-state index contributed by atoms with van der Waals surface area (Å²) in [5.74, 6) is -1.26. The molecule has 1 N–H and O–H groups in total. The second kappa shape index (κ2) is 6.93. The van der Waals surface area contributed by atoms with Crippen LogP contribution in [-0.4, -0.2) is 35.0 Å². The first-order valence-corrected chi connectivity index (χ1v) is 8.19. The van der Waals surface area contributed by atoms with Crippen LogP contribution in [0.2, 0.25) is 0 Å². The SMILES string of the molecule is O=C(O)CN(Cc1ccccc1)C(=O)c1cc2c(s1)CCOC2. The van der Waals surface area contributed by atoms with E-state index >= 15 is 0 Å². The molecule has 0 fully saturated rings. The van der Waals surface area contributed by atoms with Crippen LogP contribution in [0.4, 0.5) is 0 Å². The summed E-state index contributed by atoms with van der Waals surface area (Å²) in [7, 11) is 0. The molecule has 0 spiro atoms. The Hall–Kier alpha value is -2.18. The number of hydrogen-bond donors (Lipinski definition) is 1. The van der Waals surface area contributed by atoms with E-state index in [0.717, 1.165) is 22.4 Å². The van der Waals surface area contributed by atoms with Crippen molar-refractivity contribution in [2.45, 2.75) is 19.6 Å². The van der Waals surface area contributed by atoms with Crippen LogP contribution in [0, 0.1) is 0 Å². The summed E-state index contributed by atoms with van der Waals surface area (Å²) in [5, 5.41) is 9.11. The Morgan fingerprint density at radius 3 is 2.74 bits per heavy atom. The molecule has 0 atom stereocenters. The monoisotopic (exact) mass is 331 g/mol. The minimum Gasteiger partial charge on any atom is -0.480 e. The van der Waals surface area contributed by atoms with Gasteiger partial charge >= 0.3 is 5.97 Å². The van der Waals surface area contributed by atoms with Crippen LogP contribution in [0.5, 0.6) is 0 Å². The number of benzene rings is 1. The summed E-state index contributed by atoms with van der Waals surface area (Å²) in [6, 6.07) is 11.2. The van der Waals surface area contributed by atoms with E-state index in [2.05, 4.69) is 0 Å². The van der Waals surface area contributed by atoms with Crippen molar-refractivity contribution in [3.8, 4) is 0 Å². The van der Waals surface area contributed by atoms with Crippen molar-refractivity contribution in [2.75, 3.05) is 13.2 Å². The molecular formula is C17H17NO4S. The Bertz CT molecular complexity index is 687. The molecule has 2 heterocycles. The first-order chi connectivity index (χ1) is 11.1. The number of nitrogens with zero attached hydrogens (tertiary/aromatic N) is 1. The summed E-state index contributed by atoms with van der Waals surface area (Å²) in [4.78, 5) is 27.0. The van der Waals surface area contributed by atoms with Gasteiger partial charge in [0, 0.05) is 17.8 Å². The van der Waals surface area contributed by atoms with Gasteiger partial charge in [-0.25, -0.2) is 0 Å². The lowest BCUT2D eigenvalue weighted by atomic mass is 10.1. The molecule has 2 aromatic rings. The quantitative estimate of drug-likeness (QED) is 0.914. The number of rotatable bonds is 5. The highest BCUT2D eigenvalue weighted by molar-refractivity contribution is 7.14. The van der Waals surface area contributed by atoms with Gasteiger partial charge in [0.05, 0.1) is 18.1 Å². The molecule has 5 nitrogen and oxygen atoms in total. The van der Waals surface area contributed by atoms with E-state index in [1.54, 1.807) is 0 Å². The number of carbonyl (C=O) groups excluding carboxylic acids is 1. The molecule has 0 radical (unpaired) electrons. The van der Waals surface area contributed by atoms with Crippen molar-refractivity contribution >= 4 is 23.2 Å². The number of carboxylic acid groups (broad SMARTS) is 1. The summed E-state index contributed by atoms with van der Waals surface area (Å²) in [6.45, 7) is 1.17. The first-order valence-electron chi connectivity index (χ1n) is 7.38. The third-order valence-electron chi connectivity index (χ3n) is 3.67. The van der Waals surface area contributed by atoms with E-state index in [4.69, 9.17) is 9.84 Å². The third-order valence-corrected chi connectivity index (χ3v) is 4.89. The van der Waals surface area contributed by atoms with Gasteiger partial charge in [-0.2, -0.15) is 0 Å². The van der Waals surface area contributed by atoms with Crippen LogP contribution < -0.4 is 0 Å². The van der Waals surface area contributed by atoms with Gasteiger partial charge in [0.2, 0.25) is 0 Å². The van der Waals surface area contributed by atoms with Crippen LogP contribution in [0.25, 0.3) is 0 Å². The number of ether oxygens (including phenoxy) is 1. The molecule has 0 unspecified atom stereocenters. The minimum atomic E-state index is -1.01. The van der Waals surface area contributed by atoms with Crippen molar-refractivity contribution in [1.82, 2.24) is 4.90 Å². The van der Waals surface area contributed by atoms with E-state index < -0.39 is 5.97 Å². The van der Waals surface area contributed by atoms with E-state index in [-0.39, 0.29) is 19.0 Å². The fourth-order valence-electron chi connectivity index (χ4n) is 2.58. The summed E-state index contributed by atoms with van der Waals surface area (Å²) in [6.07, 6.45) is 0.810. The summed E-state index contributed by atoms with van der Waals surface area (Å²) >= 11 is 1.45. The maximum Gasteiger partial charge on any atom is 0.323 e. The van der Waals surface area contributed by atoms with Crippen LogP contribution in [0.3, 0.4) is 0 Å². The van der Waals surface area contributed by atoms with Gasteiger partial charge in [0.15, 0.2) is 0 Å². The Morgan fingerprint density at radius 1 is 1.26 bits per heavy atom. The molecule has 1 aromatic heterocycles. The molecule has 120 valence electrons. The lowest BCUT2D eigenvalue weighted by molar-refractivity contribution is -0.137. The highest BCUT2D eigenvalue weighted by Gasteiger charge is 2.23. The zero-order chi connectivity index (χ0) is 16.2. The van der Waals surface area contributed by atoms with Gasteiger partial charge in [-0.05, 0) is 17.2 Å². The molecule has 1 aliphatic heterocycles. The molecule has 0 bridgehead atoms. The third kappa shape index (κ3) is 3.78. The average Bonchev–Trinajstić information content (AvgIpc) is 2.98. The van der Waals surface area contributed by atoms with E-state index in [9.17, 15) is 9.59 Å². The predicted molar refractivity (Wildman–Crippen MR) is 86.5 cm³/mol. The smallest absolute Gasteiger partial charge is 0.323 e. The van der Waals surface area contributed by atoms with E-state index in [0.29, 0.717) is 18.1 Å². The lowest BCUT2D eigenvalue weighted by Crippen LogP contribution is -2.34. The van der Waals surface area contributed by atoms with E-state index in [1.165, 1.54) is 16.2 Å². The average molecular weight is 331 g/mol. The predicted octanol–water partition coefficient (Wildman–Crippen LogP) is 2.55. The maximum atomic E-state index is 12.7. The molecule has 1 aromatic carbocycles. The highest BCUT2D eigenvalue weighted by atomic mass is 32.1. The van der Waals surface area contributed by atoms with Gasteiger partial charge in [-0.15, -0.1) is 11.3 Å². The number of fused-ring (bicyclic) bond motifs is 1. The summed E-state index contributed by atoms with van der Waals surface area (Å²) < 4.78 is 5.40. The molecule has 0 saturated carbocycles. The molecule has 1 aliphatic rings. The molecule has 23 heavy (non-hydrogen) atoms. The minimum absolute atomic E-state index is 0.240. The molecular weight excluding hydrogens is 314 g/mol. The van der Waals surface area contributed by atoms with Gasteiger partial charge in [-0.3, -0.25) is 9.59 Å². The van der Waals surface area contributed by atoms with Crippen molar-refractivity contribution in [1.29, 1.82) is 0 Å². The number of carbonyl (C=O) groups is 2. The zero-order valence-electron chi connectivity index (χ0n) is 12.5. The second-order valence-corrected chi connectivity index (χ2v) is 6.54. The number of carboxylic acids is 1. The Morgan fingerprint density at radius 2 is 2.04 bits per heavy atom. The molecule has 3 rings (SSSR count). The Kier molecular flexibility index (Phi) is 4.73. The van der Waals surface area contributed by atoms with E-state index in [1.807, 2.05) is 36.4 Å². The van der Waals surface area contributed by atoms with Gasteiger partial charge < -0.3 is 14.7 Å². The fourth-order valence-corrected chi connectivity index (χ4v) is 3.69. The van der Waals surface area contributed by atoms with Crippen LogP contribution >= 0.6 is 11.3 Å². The number of amides is 1. The van der Waals surface area contributed by atoms with Crippen molar-refractivity contribution in [3.05, 3.63) is 57.3 Å². The molecule has 6 heteroatoms. The fraction of sp³-hybridized carbons (Fsp3) is 0.294.